The first-order valence-corrected chi connectivity index (χ1v) is 5.90. The normalized spacial score (nSPS) is 12.3. The van der Waals surface area contributed by atoms with Crippen LogP contribution in [0.5, 0.6) is 0 Å². The third-order valence-electron chi connectivity index (χ3n) is 1.99. The molecule has 0 fully saturated rings. The van der Waals surface area contributed by atoms with Crippen molar-refractivity contribution in [3.8, 4) is 0 Å². The fourth-order valence-electron chi connectivity index (χ4n) is 1.12. The Hall–Kier alpha value is -0.390. The van der Waals surface area contributed by atoms with E-state index in [0.29, 0.717) is 0 Å². The van der Waals surface area contributed by atoms with Crippen LogP contribution < -0.4 is 5.73 Å². The highest BCUT2D eigenvalue weighted by molar-refractivity contribution is 9.13. The van der Waals surface area contributed by atoms with Crippen LogP contribution in [-0.4, -0.2) is 13.1 Å². The zero-order valence-electron chi connectivity index (χ0n) is 8.17. The fourth-order valence-corrected chi connectivity index (χ4v) is 1.77. The number of halogens is 2. The summed E-state index contributed by atoms with van der Waals surface area (Å²) in [6.07, 6.45) is 0.185. The van der Waals surface area contributed by atoms with Crippen LogP contribution in [0.1, 0.15) is 18.0 Å². The molecule has 0 bridgehead atoms. The van der Waals surface area contributed by atoms with Crippen LogP contribution in [0.25, 0.3) is 0 Å². The maximum Gasteiger partial charge on any atom is 0.307 e. The molecule has 1 rings (SSSR count). The summed E-state index contributed by atoms with van der Waals surface area (Å²) in [4.78, 5) is 11.0. The smallest absolute Gasteiger partial charge is 0.307 e. The highest BCUT2D eigenvalue weighted by atomic mass is 79.9. The van der Waals surface area contributed by atoms with Crippen molar-refractivity contribution in [3.05, 3.63) is 32.7 Å². The second kappa shape index (κ2) is 5.63. The molecule has 82 valence electrons. The summed E-state index contributed by atoms with van der Waals surface area (Å²) in [6.45, 7) is 0. The van der Waals surface area contributed by atoms with Crippen molar-refractivity contribution in [2.75, 3.05) is 7.11 Å². The van der Waals surface area contributed by atoms with Crippen molar-refractivity contribution in [1.82, 2.24) is 0 Å². The van der Waals surface area contributed by atoms with Crippen molar-refractivity contribution in [3.63, 3.8) is 0 Å². The van der Waals surface area contributed by atoms with E-state index in [0.717, 1.165) is 14.5 Å². The predicted molar refractivity (Wildman–Crippen MR) is 65.4 cm³/mol. The molecule has 1 atom stereocenters. The van der Waals surface area contributed by atoms with Gasteiger partial charge in [0.1, 0.15) is 0 Å². The molecule has 15 heavy (non-hydrogen) atoms. The van der Waals surface area contributed by atoms with Crippen LogP contribution in [0, 0.1) is 0 Å². The Labute approximate surface area is 105 Å². The van der Waals surface area contributed by atoms with Gasteiger partial charge in [0.25, 0.3) is 0 Å². The van der Waals surface area contributed by atoms with E-state index in [1.807, 2.05) is 18.2 Å². The van der Waals surface area contributed by atoms with Gasteiger partial charge in [-0.3, -0.25) is 4.79 Å². The Kier molecular flexibility index (Phi) is 4.76. The second-order valence-corrected chi connectivity index (χ2v) is 4.77. The number of methoxy groups -OCH3 is 1. The van der Waals surface area contributed by atoms with E-state index < -0.39 is 0 Å². The van der Waals surface area contributed by atoms with E-state index in [9.17, 15) is 4.79 Å². The number of rotatable bonds is 3. The zero-order valence-corrected chi connectivity index (χ0v) is 11.3. The van der Waals surface area contributed by atoms with E-state index >= 15 is 0 Å². The summed E-state index contributed by atoms with van der Waals surface area (Å²) in [5.74, 6) is -0.304. The minimum atomic E-state index is -0.332. The molecule has 1 unspecified atom stereocenters. The van der Waals surface area contributed by atoms with Gasteiger partial charge in [-0.1, -0.05) is 6.07 Å². The van der Waals surface area contributed by atoms with Crippen LogP contribution >= 0.6 is 31.9 Å². The highest BCUT2D eigenvalue weighted by Crippen LogP contribution is 2.26. The van der Waals surface area contributed by atoms with E-state index in [1.54, 1.807) is 0 Å². The Morgan fingerprint density at radius 1 is 1.47 bits per heavy atom. The predicted octanol–water partition coefficient (Wildman–Crippen LogP) is 2.77. The Bertz CT molecular complexity index is 368. The first-order valence-electron chi connectivity index (χ1n) is 4.32. The van der Waals surface area contributed by atoms with E-state index in [4.69, 9.17) is 5.73 Å². The number of esters is 1. The summed E-state index contributed by atoms with van der Waals surface area (Å²) in [7, 11) is 1.35. The van der Waals surface area contributed by atoms with Crippen molar-refractivity contribution >= 4 is 37.8 Å². The number of ether oxygens (including phenoxy) is 1. The zero-order chi connectivity index (χ0) is 11.4. The van der Waals surface area contributed by atoms with Gasteiger partial charge >= 0.3 is 5.97 Å². The second-order valence-electron chi connectivity index (χ2n) is 3.06. The SMILES string of the molecule is COC(=O)CC(N)c1ccc(Br)c(Br)c1. The van der Waals surface area contributed by atoms with Crippen molar-refractivity contribution in [2.45, 2.75) is 12.5 Å². The molecule has 0 saturated carbocycles. The van der Waals surface area contributed by atoms with Crippen LogP contribution in [-0.2, 0) is 9.53 Å². The lowest BCUT2D eigenvalue weighted by Gasteiger charge is -2.11. The molecule has 0 heterocycles. The summed E-state index contributed by atoms with van der Waals surface area (Å²) in [5, 5.41) is 0. The molecular formula is C10H11Br2NO2. The first-order chi connectivity index (χ1) is 7.04. The van der Waals surface area contributed by atoms with Gasteiger partial charge in [0.2, 0.25) is 0 Å². The molecule has 5 heteroatoms. The molecule has 0 amide bonds. The number of carbonyl (C=O) groups excluding carboxylic acids is 1. The highest BCUT2D eigenvalue weighted by Gasteiger charge is 2.12. The fraction of sp³-hybridized carbons (Fsp3) is 0.300. The molecule has 0 spiro atoms. The van der Waals surface area contributed by atoms with Crippen LogP contribution in [0.15, 0.2) is 27.1 Å². The lowest BCUT2D eigenvalue weighted by Crippen LogP contribution is -2.16. The summed E-state index contributed by atoms with van der Waals surface area (Å²) >= 11 is 6.74. The number of hydrogen-bond acceptors (Lipinski definition) is 3. The quantitative estimate of drug-likeness (QED) is 0.863. The van der Waals surface area contributed by atoms with Crippen LogP contribution in [0.2, 0.25) is 0 Å². The number of nitrogens with two attached hydrogens (primary N) is 1. The topological polar surface area (TPSA) is 52.3 Å². The van der Waals surface area contributed by atoms with Crippen LogP contribution in [0.3, 0.4) is 0 Å². The monoisotopic (exact) mass is 335 g/mol. The third kappa shape index (κ3) is 3.59. The van der Waals surface area contributed by atoms with E-state index in [1.165, 1.54) is 7.11 Å². The molecule has 0 aliphatic carbocycles. The van der Waals surface area contributed by atoms with E-state index in [2.05, 4.69) is 36.6 Å². The lowest BCUT2D eigenvalue weighted by molar-refractivity contribution is -0.141. The molecule has 0 aliphatic heterocycles. The standard InChI is InChI=1S/C10H11Br2NO2/c1-15-10(14)5-9(13)6-2-3-7(11)8(12)4-6/h2-4,9H,5,13H2,1H3. The molecular weight excluding hydrogens is 326 g/mol. The molecule has 0 aliphatic rings. The third-order valence-corrected chi connectivity index (χ3v) is 3.87. The minimum absolute atomic E-state index is 0.185. The molecule has 2 N–H and O–H groups in total. The summed E-state index contributed by atoms with van der Waals surface area (Å²) in [5.41, 5.74) is 6.75. The molecule has 0 aromatic heterocycles. The van der Waals surface area contributed by atoms with Gasteiger partial charge in [0, 0.05) is 15.0 Å². The van der Waals surface area contributed by atoms with Crippen molar-refractivity contribution in [1.29, 1.82) is 0 Å². The maximum atomic E-state index is 11.0. The Morgan fingerprint density at radius 2 is 2.13 bits per heavy atom. The van der Waals surface area contributed by atoms with Gasteiger partial charge in [-0.05, 0) is 49.6 Å². The minimum Gasteiger partial charge on any atom is -0.469 e. The van der Waals surface area contributed by atoms with Crippen molar-refractivity contribution in [2.24, 2.45) is 5.73 Å². The molecule has 1 aromatic carbocycles. The average molecular weight is 337 g/mol. The largest absolute Gasteiger partial charge is 0.469 e. The van der Waals surface area contributed by atoms with Gasteiger partial charge in [-0.2, -0.15) is 0 Å². The van der Waals surface area contributed by atoms with Crippen molar-refractivity contribution < 1.29 is 9.53 Å². The van der Waals surface area contributed by atoms with E-state index in [-0.39, 0.29) is 18.4 Å². The molecule has 0 radical (unpaired) electrons. The van der Waals surface area contributed by atoms with Gasteiger partial charge < -0.3 is 10.5 Å². The molecule has 3 nitrogen and oxygen atoms in total. The number of carbonyl (C=O) groups is 1. The van der Waals surface area contributed by atoms with Gasteiger partial charge in [0.15, 0.2) is 0 Å². The van der Waals surface area contributed by atoms with Gasteiger partial charge in [-0.25, -0.2) is 0 Å². The first kappa shape index (κ1) is 12.7. The number of hydrogen-bond donors (Lipinski definition) is 1. The maximum absolute atomic E-state index is 11.0. The van der Waals surface area contributed by atoms with Gasteiger partial charge in [-0.15, -0.1) is 0 Å². The Morgan fingerprint density at radius 3 is 2.67 bits per heavy atom. The molecule has 0 saturated heterocycles. The van der Waals surface area contributed by atoms with Gasteiger partial charge in [0.05, 0.1) is 13.5 Å². The number of benzene rings is 1. The summed E-state index contributed by atoms with van der Waals surface area (Å²) < 4.78 is 6.43. The lowest BCUT2D eigenvalue weighted by atomic mass is 10.1. The summed E-state index contributed by atoms with van der Waals surface area (Å²) in [6, 6.07) is 5.32. The molecule has 1 aromatic rings. The van der Waals surface area contributed by atoms with Crippen LogP contribution in [0.4, 0.5) is 0 Å². The average Bonchev–Trinajstić information content (AvgIpc) is 2.21. The Balaban J connectivity index is 2.78.